The summed E-state index contributed by atoms with van der Waals surface area (Å²) in [7, 11) is 0. The van der Waals surface area contributed by atoms with Crippen LogP contribution in [0.2, 0.25) is 0 Å². The number of ether oxygens (including phenoxy) is 3. The van der Waals surface area contributed by atoms with Crippen molar-refractivity contribution < 1.29 is 33.7 Å². The molecule has 9 heteroatoms. The molecule has 26 heavy (non-hydrogen) atoms. The summed E-state index contributed by atoms with van der Waals surface area (Å²) in [5.74, 6) is -1.59. The molecule has 0 saturated carbocycles. The van der Waals surface area contributed by atoms with Crippen molar-refractivity contribution in [2.24, 2.45) is 0 Å². The highest BCUT2D eigenvalue weighted by Gasteiger charge is 2.47. The number of aliphatic hydroxyl groups is 1. The predicted molar refractivity (Wildman–Crippen MR) is 93.5 cm³/mol. The number of thiol groups is 1. The lowest BCUT2D eigenvalue weighted by Crippen LogP contribution is -2.63. The van der Waals surface area contributed by atoms with Gasteiger partial charge in [-0.25, -0.2) is 4.79 Å². The number of hydrogen-bond donors (Lipinski definition) is 3. The molecule has 1 aliphatic heterocycles. The van der Waals surface area contributed by atoms with Gasteiger partial charge in [-0.05, 0) is 12.1 Å². The normalized spacial score (nSPS) is 28.1. The molecule has 8 nitrogen and oxygen atoms in total. The van der Waals surface area contributed by atoms with E-state index in [0.29, 0.717) is 5.56 Å². The Bertz CT molecular complexity index is 654. The summed E-state index contributed by atoms with van der Waals surface area (Å²) in [5, 5.41) is 12.0. The maximum absolute atomic E-state index is 12.4. The molecule has 1 aromatic carbocycles. The highest BCUT2D eigenvalue weighted by molar-refractivity contribution is 7.81. The minimum Gasteiger partial charge on any atom is -0.463 e. The largest absolute Gasteiger partial charge is 0.463 e. The Kier molecular flexibility index (Phi) is 7.01. The predicted octanol–water partition coefficient (Wildman–Crippen LogP) is 0.295. The van der Waals surface area contributed by atoms with Crippen molar-refractivity contribution in [3.05, 3.63) is 35.9 Å². The van der Waals surface area contributed by atoms with Crippen molar-refractivity contribution in [3.8, 4) is 0 Å². The molecule has 1 heterocycles. The SMILES string of the molecule is CC(=O)N[C@@H]1[C@@H](OC(=O)c2ccccc2)[C@H](S)[C@@H](COC(C)=O)O[C@H]1O. The number of amides is 1. The molecule has 0 aliphatic carbocycles. The Morgan fingerprint density at radius 3 is 2.46 bits per heavy atom. The van der Waals surface area contributed by atoms with Gasteiger partial charge in [-0.15, -0.1) is 0 Å². The smallest absolute Gasteiger partial charge is 0.338 e. The molecule has 1 aliphatic rings. The molecule has 5 atom stereocenters. The molecule has 1 fully saturated rings. The highest BCUT2D eigenvalue weighted by atomic mass is 32.1. The second-order valence-corrected chi connectivity index (χ2v) is 6.42. The average Bonchev–Trinajstić information content (AvgIpc) is 2.59. The van der Waals surface area contributed by atoms with Crippen molar-refractivity contribution >= 4 is 30.5 Å². The van der Waals surface area contributed by atoms with Gasteiger partial charge >= 0.3 is 11.9 Å². The molecular weight excluding hydrogens is 362 g/mol. The van der Waals surface area contributed by atoms with Gasteiger partial charge in [0.1, 0.15) is 24.9 Å². The van der Waals surface area contributed by atoms with Crippen LogP contribution in [0, 0.1) is 0 Å². The third-order valence-corrected chi connectivity index (χ3v) is 4.39. The summed E-state index contributed by atoms with van der Waals surface area (Å²) in [6.07, 6.45) is -3.29. The Hall–Kier alpha value is -2.10. The number of benzene rings is 1. The number of esters is 2. The van der Waals surface area contributed by atoms with Crippen LogP contribution < -0.4 is 5.32 Å². The van der Waals surface area contributed by atoms with E-state index >= 15 is 0 Å². The zero-order valence-corrected chi connectivity index (χ0v) is 15.2. The van der Waals surface area contributed by atoms with Crippen molar-refractivity contribution in [1.29, 1.82) is 0 Å². The van der Waals surface area contributed by atoms with Crippen LogP contribution in [0.4, 0.5) is 0 Å². The number of carbonyl (C=O) groups is 3. The second kappa shape index (κ2) is 9.02. The van der Waals surface area contributed by atoms with Gasteiger partial charge in [-0.3, -0.25) is 9.59 Å². The van der Waals surface area contributed by atoms with Crippen LogP contribution in [0.15, 0.2) is 30.3 Å². The third kappa shape index (κ3) is 5.20. The fourth-order valence-electron chi connectivity index (χ4n) is 2.56. The van der Waals surface area contributed by atoms with E-state index in [4.69, 9.17) is 14.2 Å². The summed E-state index contributed by atoms with van der Waals surface area (Å²) in [6, 6.07) is 7.26. The second-order valence-electron chi connectivity index (χ2n) is 5.82. The number of nitrogens with one attached hydrogen (secondary N) is 1. The van der Waals surface area contributed by atoms with E-state index in [2.05, 4.69) is 17.9 Å². The number of rotatable bonds is 5. The Balaban J connectivity index is 2.20. The molecule has 0 unspecified atom stereocenters. The molecule has 0 spiro atoms. The average molecular weight is 383 g/mol. The van der Waals surface area contributed by atoms with Gasteiger partial charge in [-0.2, -0.15) is 12.6 Å². The number of hydrogen-bond acceptors (Lipinski definition) is 8. The van der Waals surface area contributed by atoms with Crippen molar-refractivity contribution in [2.75, 3.05) is 6.61 Å². The van der Waals surface area contributed by atoms with Crippen LogP contribution in [0.3, 0.4) is 0 Å². The molecule has 1 aromatic rings. The first-order valence-electron chi connectivity index (χ1n) is 7.97. The van der Waals surface area contributed by atoms with Crippen molar-refractivity contribution in [2.45, 2.75) is 43.6 Å². The van der Waals surface area contributed by atoms with E-state index in [1.54, 1.807) is 30.3 Å². The molecule has 0 radical (unpaired) electrons. The van der Waals surface area contributed by atoms with Gasteiger partial charge < -0.3 is 24.6 Å². The van der Waals surface area contributed by atoms with Crippen LogP contribution in [0.5, 0.6) is 0 Å². The van der Waals surface area contributed by atoms with Crippen LogP contribution in [-0.2, 0) is 23.8 Å². The van der Waals surface area contributed by atoms with Gasteiger partial charge in [0.05, 0.1) is 10.8 Å². The molecule has 1 amide bonds. The van der Waals surface area contributed by atoms with E-state index in [9.17, 15) is 19.5 Å². The first kappa shape index (κ1) is 20.2. The molecule has 2 N–H and O–H groups in total. The zero-order valence-electron chi connectivity index (χ0n) is 14.3. The van der Waals surface area contributed by atoms with Crippen molar-refractivity contribution in [3.63, 3.8) is 0 Å². The Morgan fingerprint density at radius 1 is 1.23 bits per heavy atom. The van der Waals surface area contributed by atoms with Gasteiger partial charge in [0.15, 0.2) is 6.29 Å². The maximum atomic E-state index is 12.4. The first-order valence-corrected chi connectivity index (χ1v) is 8.49. The summed E-state index contributed by atoms with van der Waals surface area (Å²) < 4.78 is 15.8. The number of carbonyl (C=O) groups excluding carboxylic acids is 3. The van der Waals surface area contributed by atoms with Crippen LogP contribution in [0.1, 0.15) is 24.2 Å². The lowest BCUT2D eigenvalue weighted by Gasteiger charge is -2.42. The molecule has 142 valence electrons. The summed E-state index contributed by atoms with van der Waals surface area (Å²) in [6.45, 7) is 2.33. The van der Waals surface area contributed by atoms with E-state index in [1.165, 1.54) is 13.8 Å². The molecular formula is C17H21NO7S. The molecule has 1 saturated heterocycles. The van der Waals surface area contributed by atoms with Gasteiger partial charge in [0.2, 0.25) is 5.91 Å². The summed E-state index contributed by atoms with van der Waals surface area (Å²) >= 11 is 4.41. The minimum absolute atomic E-state index is 0.174. The summed E-state index contributed by atoms with van der Waals surface area (Å²) in [4.78, 5) is 34.9. The van der Waals surface area contributed by atoms with E-state index in [-0.39, 0.29) is 6.61 Å². The van der Waals surface area contributed by atoms with E-state index in [1.807, 2.05) is 0 Å². The lowest BCUT2D eigenvalue weighted by atomic mass is 9.99. The van der Waals surface area contributed by atoms with Crippen LogP contribution >= 0.6 is 12.6 Å². The fraction of sp³-hybridized carbons (Fsp3) is 0.471. The van der Waals surface area contributed by atoms with Crippen LogP contribution in [-0.4, -0.2) is 59.3 Å². The minimum atomic E-state index is -1.46. The molecule has 2 rings (SSSR count). The topological polar surface area (TPSA) is 111 Å². The fourth-order valence-corrected chi connectivity index (χ4v) is 2.97. The van der Waals surface area contributed by atoms with Gasteiger partial charge in [0.25, 0.3) is 0 Å². The van der Waals surface area contributed by atoms with E-state index < -0.39 is 47.6 Å². The monoisotopic (exact) mass is 383 g/mol. The van der Waals surface area contributed by atoms with Gasteiger partial charge in [-0.1, -0.05) is 18.2 Å². The van der Waals surface area contributed by atoms with E-state index in [0.717, 1.165) is 0 Å². The maximum Gasteiger partial charge on any atom is 0.338 e. The third-order valence-electron chi connectivity index (χ3n) is 3.77. The standard InChI is InChI=1S/C17H21NO7S/c1-9(19)18-13-14(25-16(21)11-6-4-3-5-7-11)15(26)12(24-17(13)22)8-23-10(2)20/h3-7,12-15,17,22,26H,8H2,1-2H3,(H,18,19)/t12-,13-,14-,15-,17-/m1/s1. The lowest BCUT2D eigenvalue weighted by molar-refractivity contribution is -0.214. The quantitative estimate of drug-likeness (QED) is 0.495. The van der Waals surface area contributed by atoms with Crippen molar-refractivity contribution in [1.82, 2.24) is 5.32 Å². The molecule has 0 bridgehead atoms. The highest BCUT2D eigenvalue weighted by Crippen LogP contribution is 2.27. The Morgan fingerprint density at radius 2 is 1.88 bits per heavy atom. The zero-order chi connectivity index (χ0) is 19.3. The Labute approximate surface area is 156 Å². The number of aliphatic hydroxyl groups excluding tert-OH is 1. The summed E-state index contributed by atoms with van der Waals surface area (Å²) in [5.41, 5.74) is 0.312. The van der Waals surface area contributed by atoms with Gasteiger partial charge in [0, 0.05) is 13.8 Å². The molecule has 0 aromatic heterocycles. The van der Waals surface area contributed by atoms with Crippen LogP contribution in [0.25, 0.3) is 0 Å². The first-order chi connectivity index (χ1) is 12.3.